The molecule has 1 amide bonds. The van der Waals surface area contributed by atoms with Crippen LogP contribution < -0.4 is 10.1 Å². The van der Waals surface area contributed by atoms with Gasteiger partial charge in [-0.1, -0.05) is 12.1 Å². The number of carbonyl (C=O) groups is 1. The molecule has 3 rings (SSSR count). The zero-order chi connectivity index (χ0) is 22.8. The summed E-state index contributed by atoms with van der Waals surface area (Å²) in [5, 5.41) is 6.26. The lowest BCUT2D eigenvalue weighted by Gasteiger charge is -2.10. The molecule has 2 aromatic carbocycles. The molecule has 3 aromatic rings. The molecule has 164 valence electrons. The number of anilines is 1. The van der Waals surface area contributed by atoms with E-state index in [4.69, 9.17) is 16.3 Å². The Morgan fingerprint density at radius 1 is 1.13 bits per heavy atom. The van der Waals surface area contributed by atoms with Crippen LogP contribution in [0, 0.1) is 0 Å². The fourth-order valence-corrected chi connectivity index (χ4v) is 2.74. The van der Waals surface area contributed by atoms with Gasteiger partial charge in [-0.05, 0) is 57.2 Å². The van der Waals surface area contributed by atoms with Crippen LogP contribution in [0.15, 0.2) is 48.5 Å². The summed E-state index contributed by atoms with van der Waals surface area (Å²) in [5.74, 6) is -0.166. The molecule has 1 aromatic heterocycles. The van der Waals surface area contributed by atoms with Crippen LogP contribution in [-0.2, 0) is 11.0 Å². The van der Waals surface area contributed by atoms with Gasteiger partial charge < -0.3 is 10.1 Å². The van der Waals surface area contributed by atoms with Gasteiger partial charge in [0.2, 0.25) is 5.91 Å². The van der Waals surface area contributed by atoms with Crippen molar-refractivity contribution in [3.8, 4) is 23.1 Å². The van der Waals surface area contributed by atoms with E-state index in [2.05, 4.69) is 15.4 Å². The number of hydrogen-bond donors (Lipinski definition) is 1. The van der Waals surface area contributed by atoms with Crippen LogP contribution in [0.5, 0.6) is 6.01 Å². The first kappa shape index (κ1) is 22.6. The second-order valence-electron chi connectivity index (χ2n) is 7.03. The van der Waals surface area contributed by atoms with Crippen molar-refractivity contribution in [2.75, 3.05) is 5.32 Å². The number of nitrogens with zero attached hydrogens (tertiary/aromatic N) is 3. The summed E-state index contributed by atoms with van der Waals surface area (Å²) in [6.45, 7) is 5.14. The van der Waals surface area contributed by atoms with Crippen LogP contribution >= 0.6 is 11.6 Å². The number of hydrogen-bond acceptors (Lipinski definition) is 4. The van der Waals surface area contributed by atoms with Gasteiger partial charge in [0, 0.05) is 11.3 Å². The van der Waals surface area contributed by atoms with E-state index in [1.54, 1.807) is 45.0 Å². The molecular weight excluding hydrogens is 433 g/mol. The summed E-state index contributed by atoms with van der Waals surface area (Å²) in [6.07, 6.45) is -4.71. The average Bonchev–Trinajstić information content (AvgIpc) is 3.11. The molecule has 0 spiro atoms. The molecular formula is C21H20ClF3N4O2. The van der Waals surface area contributed by atoms with Crippen molar-refractivity contribution in [1.29, 1.82) is 0 Å². The highest BCUT2D eigenvalue weighted by Gasteiger charge is 2.31. The smallest absolute Gasteiger partial charge is 0.416 e. The van der Waals surface area contributed by atoms with Crippen LogP contribution in [0.4, 0.5) is 18.9 Å². The van der Waals surface area contributed by atoms with Gasteiger partial charge in [0.1, 0.15) is 5.38 Å². The Morgan fingerprint density at radius 3 is 2.39 bits per heavy atom. The quantitative estimate of drug-likeness (QED) is 0.515. The molecule has 6 nitrogen and oxygen atoms in total. The number of aromatic nitrogens is 3. The molecule has 0 aliphatic rings. The van der Waals surface area contributed by atoms with Crippen LogP contribution in [0.25, 0.3) is 17.1 Å². The average molecular weight is 453 g/mol. The minimum Gasteiger partial charge on any atom is -0.460 e. The Labute approximate surface area is 182 Å². The van der Waals surface area contributed by atoms with Gasteiger partial charge in [-0.3, -0.25) is 4.79 Å². The molecule has 1 N–H and O–H groups in total. The van der Waals surface area contributed by atoms with Crippen LogP contribution in [0.3, 0.4) is 0 Å². The maximum atomic E-state index is 13.2. The topological polar surface area (TPSA) is 69.0 Å². The predicted octanol–water partition coefficient (Wildman–Crippen LogP) is 5.31. The van der Waals surface area contributed by atoms with Crippen molar-refractivity contribution < 1.29 is 22.7 Å². The summed E-state index contributed by atoms with van der Waals surface area (Å²) in [7, 11) is 0. The van der Waals surface area contributed by atoms with E-state index >= 15 is 0 Å². The van der Waals surface area contributed by atoms with E-state index in [0.29, 0.717) is 11.4 Å². The molecule has 0 aliphatic heterocycles. The van der Waals surface area contributed by atoms with Crippen LogP contribution in [-0.4, -0.2) is 32.2 Å². The minimum absolute atomic E-state index is 0.0377. The predicted molar refractivity (Wildman–Crippen MR) is 112 cm³/mol. The van der Waals surface area contributed by atoms with E-state index in [1.807, 2.05) is 0 Å². The van der Waals surface area contributed by atoms with E-state index in [-0.39, 0.29) is 29.4 Å². The largest absolute Gasteiger partial charge is 0.460 e. The molecule has 0 bridgehead atoms. The standard InChI is InChI=1S/C21H20ClF3N4O2/c1-12(2)31-20-27-18(14-5-4-6-15(11-14)21(23,24)25)29(28-20)17-9-7-16(8-10-17)26-19(30)13(3)22/h4-13H,1-3H3,(H,26,30). The second-order valence-corrected chi connectivity index (χ2v) is 7.68. The number of halogens is 4. The first-order valence-corrected chi connectivity index (χ1v) is 9.85. The van der Waals surface area contributed by atoms with Crippen molar-refractivity contribution in [1.82, 2.24) is 14.8 Å². The van der Waals surface area contributed by atoms with E-state index in [9.17, 15) is 18.0 Å². The fraction of sp³-hybridized carbons (Fsp3) is 0.286. The Balaban J connectivity index is 2.02. The highest BCUT2D eigenvalue weighted by molar-refractivity contribution is 6.32. The first-order valence-electron chi connectivity index (χ1n) is 9.41. The number of carbonyl (C=O) groups excluding carboxylic acids is 1. The molecule has 10 heteroatoms. The summed E-state index contributed by atoms with van der Waals surface area (Å²) < 4.78 is 46.5. The second kappa shape index (κ2) is 8.97. The third-order valence-electron chi connectivity index (χ3n) is 4.12. The van der Waals surface area contributed by atoms with Gasteiger partial charge >= 0.3 is 12.2 Å². The lowest BCUT2D eigenvalue weighted by atomic mass is 10.1. The molecule has 1 unspecified atom stereocenters. The number of amides is 1. The number of nitrogens with one attached hydrogen (secondary N) is 1. The molecule has 1 heterocycles. The molecule has 0 aliphatic carbocycles. The zero-order valence-corrected chi connectivity index (χ0v) is 17.7. The van der Waals surface area contributed by atoms with Crippen LogP contribution in [0.1, 0.15) is 26.3 Å². The Kier molecular flexibility index (Phi) is 6.54. The van der Waals surface area contributed by atoms with Crippen molar-refractivity contribution in [2.24, 2.45) is 0 Å². The minimum atomic E-state index is -4.49. The normalized spacial score (nSPS) is 12.6. The van der Waals surface area contributed by atoms with Crippen molar-refractivity contribution in [3.63, 3.8) is 0 Å². The number of benzene rings is 2. The Morgan fingerprint density at radius 2 is 1.81 bits per heavy atom. The maximum absolute atomic E-state index is 13.2. The summed E-state index contributed by atoms with van der Waals surface area (Å²) in [6, 6.07) is 11.4. The van der Waals surface area contributed by atoms with Gasteiger partial charge in [-0.15, -0.1) is 16.7 Å². The summed E-state index contributed by atoms with van der Waals surface area (Å²) >= 11 is 5.75. The lowest BCUT2D eigenvalue weighted by Crippen LogP contribution is -2.20. The molecule has 0 radical (unpaired) electrons. The van der Waals surface area contributed by atoms with E-state index < -0.39 is 17.1 Å². The summed E-state index contributed by atoms with van der Waals surface area (Å²) in [4.78, 5) is 16.0. The van der Waals surface area contributed by atoms with Crippen molar-refractivity contribution in [3.05, 3.63) is 54.1 Å². The van der Waals surface area contributed by atoms with Crippen molar-refractivity contribution in [2.45, 2.75) is 38.4 Å². The van der Waals surface area contributed by atoms with E-state index in [1.165, 1.54) is 16.8 Å². The molecule has 0 saturated heterocycles. The van der Waals surface area contributed by atoms with E-state index in [0.717, 1.165) is 12.1 Å². The first-order chi connectivity index (χ1) is 14.5. The van der Waals surface area contributed by atoms with Gasteiger partial charge in [0.05, 0.1) is 17.4 Å². The molecule has 0 fully saturated rings. The van der Waals surface area contributed by atoms with Gasteiger partial charge in [0.25, 0.3) is 0 Å². The highest BCUT2D eigenvalue weighted by atomic mass is 35.5. The molecule has 0 saturated carbocycles. The van der Waals surface area contributed by atoms with Gasteiger partial charge in [-0.2, -0.15) is 18.2 Å². The maximum Gasteiger partial charge on any atom is 0.416 e. The zero-order valence-electron chi connectivity index (χ0n) is 16.9. The van der Waals surface area contributed by atoms with Crippen LogP contribution in [0.2, 0.25) is 0 Å². The third kappa shape index (κ3) is 5.55. The summed E-state index contributed by atoms with van der Waals surface area (Å²) in [5.41, 5.74) is 0.476. The monoisotopic (exact) mass is 452 g/mol. The lowest BCUT2D eigenvalue weighted by molar-refractivity contribution is -0.137. The Bertz CT molecular complexity index is 1060. The fourth-order valence-electron chi connectivity index (χ4n) is 2.68. The SMILES string of the molecule is CC(C)Oc1nc(-c2cccc(C(F)(F)F)c2)n(-c2ccc(NC(=O)C(C)Cl)cc2)n1. The molecule has 1 atom stereocenters. The number of alkyl halides is 4. The van der Waals surface area contributed by atoms with Gasteiger partial charge in [-0.25, -0.2) is 4.68 Å². The highest BCUT2D eigenvalue weighted by Crippen LogP contribution is 2.33. The molecule has 31 heavy (non-hydrogen) atoms. The van der Waals surface area contributed by atoms with Gasteiger partial charge in [0.15, 0.2) is 5.82 Å². The Hall–Kier alpha value is -3.07. The number of rotatable bonds is 6. The van der Waals surface area contributed by atoms with Crippen molar-refractivity contribution >= 4 is 23.2 Å². The number of ether oxygens (including phenoxy) is 1. The third-order valence-corrected chi connectivity index (χ3v) is 4.32.